The van der Waals surface area contributed by atoms with Gasteiger partial charge < -0.3 is 14.8 Å². The fraction of sp³-hybridized carbons (Fsp3) is 0.600. The molecule has 1 rings (SSSR count). The minimum atomic E-state index is 0.546. The fourth-order valence-corrected chi connectivity index (χ4v) is 1.94. The highest BCUT2D eigenvalue weighted by Gasteiger charge is 2.03. The molecule has 1 aromatic carbocycles. The zero-order chi connectivity index (χ0) is 13.4. The Morgan fingerprint density at radius 2 is 1.67 bits per heavy atom. The van der Waals surface area contributed by atoms with E-state index in [2.05, 4.69) is 26.1 Å². The van der Waals surface area contributed by atoms with Crippen molar-refractivity contribution in [3.05, 3.63) is 24.3 Å². The molecule has 0 radical (unpaired) electrons. The van der Waals surface area contributed by atoms with Gasteiger partial charge in [-0.05, 0) is 43.5 Å². The van der Waals surface area contributed by atoms with Crippen LogP contribution in [0.3, 0.4) is 0 Å². The first-order valence-corrected chi connectivity index (χ1v) is 6.62. The van der Waals surface area contributed by atoms with Crippen molar-refractivity contribution in [1.29, 1.82) is 0 Å². The molecule has 0 saturated carbocycles. The Balaban J connectivity index is 2.17. The number of hydrogen-bond acceptors (Lipinski definition) is 3. The lowest BCUT2D eigenvalue weighted by Crippen LogP contribution is -2.31. The van der Waals surface area contributed by atoms with Crippen LogP contribution in [0.15, 0.2) is 24.3 Å². The zero-order valence-electron chi connectivity index (χ0n) is 11.9. The lowest BCUT2D eigenvalue weighted by molar-refractivity contribution is 0.300. The molecule has 0 aliphatic carbocycles. The molecule has 0 aliphatic heterocycles. The molecule has 0 aliphatic rings. The minimum Gasteiger partial charge on any atom is -0.497 e. The van der Waals surface area contributed by atoms with Gasteiger partial charge in [0.2, 0.25) is 0 Å². The number of ether oxygens (including phenoxy) is 2. The molecule has 1 aromatic rings. The minimum absolute atomic E-state index is 0.546. The molecular weight excluding hydrogens is 226 g/mol. The maximum Gasteiger partial charge on any atom is 0.119 e. The summed E-state index contributed by atoms with van der Waals surface area (Å²) in [6.45, 7) is 8.26. The van der Waals surface area contributed by atoms with Crippen LogP contribution in [0.4, 0.5) is 0 Å². The first-order valence-electron chi connectivity index (χ1n) is 6.62. The molecule has 0 bridgehead atoms. The van der Waals surface area contributed by atoms with Gasteiger partial charge in [-0.1, -0.05) is 13.8 Å². The van der Waals surface area contributed by atoms with E-state index in [1.165, 1.54) is 6.42 Å². The standard InChI is InChI=1S/C15H25NO2/c1-12(2)11-13(3)16-9-10-18-15-7-5-14(17-4)6-8-15/h5-8,12-13,16H,9-11H2,1-4H3. The summed E-state index contributed by atoms with van der Waals surface area (Å²) in [5, 5.41) is 3.46. The van der Waals surface area contributed by atoms with E-state index in [9.17, 15) is 0 Å². The van der Waals surface area contributed by atoms with Crippen LogP contribution in [0.1, 0.15) is 27.2 Å². The van der Waals surface area contributed by atoms with Gasteiger partial charge in [-0.15, -0.1) is 0 Å². The van der Waals surface area contributed by atoms with E-state index in [1.54, 1.807) is 7.11 Å². The Kier molecular flexibility index (Phi) is 6.58. The van der Waals surface area contributed by atoms with Gasteiger partial charge in [-0.2, -0.15) is 0 Å². The zero-order valence-corrected chi connectivity index (χ0v) is 11.9. The largest absolute Gasteiger partial charge is 0.497 e. The molecule has 1 atom stereocenters. The van der Waals surface area contributed by atoms with Gasteiger partial charge in [0.25, 0.3) is 0 Å². The van der Waals surface area contributed by atoms with Crippen molar-refractivity contribution in [2.24, 2.45) is 5.92 Å². The Bertz CT molecular complexity index is 322. The normalized spacial score (nSPS) is 12.5. The van der Waals surface area contributed by atoms with Crippen LogP contribution in [0.5, 0.6) is 11.5 Å². The Labute approximate surface area is 110 Å². The van der Waals surface area contributed by atoms with Crippen molar-refractivity contribution in [3.8, 4) is 11.5 Å². The number of hydrogen-bond donors (Lipinski definition) is 1. The van der Waals surface area contributed by atoms with Crippen LogP contribution < -0.4 is 14.8 Å². The highest BCUT2D eigenvalue weighted by molar-refractivity contribution is 5.31. The van der Waals surface area contributed by atoms with E-state index in [0.717, 1.165) is 24.0 Å². The van der Waals surface area contributed by atoms with Gasteiger partial charge in [-0.25, -0.2) is 0 Å². The first kappa shape index (κ1) is 14.8. The molecule has 0 fully saturated rings. The van der Waals surface area contributed by atoms with Crippen LogP contribution in [0.2, 0.25) is 0 Å². The molecule has 3 nitrogen and oxygen atoms in total. The molecule has 18 heavy (non-hydrogen) atoms. The molecule has 102 valence electrons. The molecule has 0 aromatic heterocycles. The lowest BCUT2D eigenvalue weighted by atomic mass is 10.1. The predicted octanol–water partition coefficient (Wildman–Crippen LogP) is 3.10. The summed E-state index contributed by atoms with van der Waals surface area (Å²) >= 11 is 0. The van der Waals surface area contributed by atoms with Gasteiger partial charge in [0.1, 0.15) is 18.1 Å². The van der Waals surface area contributed by atoms with Gasteiger partial charge in [0.15, 0.2) is 0 Å². The lowest BCUT2D eigenvalue weighted by Gasteiger charge is -2.16. The third-order valence-electron chi connectivity index (χ3n) is 2.75. The maximum absolute atomic E-state index is 5.64. The van der Waals surface area contributed by atoms with Crippen LogP contribution in [-0.4, -0.2) is 26.3 Å². The fourth-order valence-electron chi connectivity index (χ4n) is 1.94. The smallest absolute Gasteiger partial charge is 0.119 e. The summed E-state index contributed by atoms with van der Waals surface area (Å²) in [4.78, 5) is 0. The molecule has 3 heteroatoms. The van der Waals surface area contributed by atoms with E-state index >= 15 is 0 Å². The van der Waals surface area contributed by atoms with Crippen molar-refractivity contribution < 1.29 is 9.47 Å². The van der Waals surface area contributed by atoms with Crippen LogP contribution in [0.25, 0.3) is 0 Å². The Hall–Kier alpha value is -1.22. The Morgan fingerprint density at radius 1 is 1.06 bits per heavy atom. The number of rotatable bonds is 8. The van der Waals surface area contributed by atoms with Crippen LogP contribution in [-0.2, 0) is 0 Å². The quantitative estimate of drug-likeness (QED) is 0.720. The third kappa shape index (κ3) is 5.92. The van der Waals surface area contributed by atoms with Crippen LogP contribution >= 0.6 is 0 Å². The highest BCUT2D eigenvalue weighted by Crippen LogP contribution is 2.16. The van der Waals surface area contributed by atoms with E-state index in [0.29, 0.717) is 12.6 Å². The van der Waals surface area contributed by atoms with Gasteiger partial charge in [0, 0.05) is 12.6 Å². The number of methoxy groups -OCH3 is 1. The highest BCUT2D eigenvalue weighted by atomic mass is 16.5. The average Bonchev–Trinajstić information content (AvgIpc) is 2.34. The van der Waals surface area contributed by atoms with Crippen LogP contribution in [0, 0.1) is 5.92 Å². The maximum atomic E-state index is 5.64. The second kappa shape index (κ2) is 7.98. The van der Waals surface area contributed by atoms with E-state index in [4.69, 9.17) is 9.47 Å². The Morgan fingerprint density at radius 3 is 2.22 bits per heavy atom. The van der Waals surface area contributed by atoms with Crippen molar-refractivity contribution in [2.45, 2.75) is 33.2 Å². The molecule has 1 N–H and O–H groups in total. The summed E-state index contributed by atoms with van der Waals surface area (Å²) in [5.41, 5.74) is 0. The van der Waals surface area contributed by atoms with E-state index in [-0.39, 0.29) is 0 Å². The summed E-state index contributed by atoms with van der Waals surface area (Å²) in [6.07, 6.45) is 1.20. The topological polar surface area (TPSA) is 30.5 Å². The molecule has 1 unspecified atom stereocenters. The first-order chi connectivity index (χ1) is 8.61. The van der Waals surface area contributed by atoms with Crippen molar-refractivity contribution in [1.82, 2.24) is 5.32 Å². The van der Waals surface area contributed by atoms with Crippen molar-refractivity contribution in [2.75, 3.05) is 20.3 Å². The van der Waals surface area contributed by atoms with Crippen molar-refractivity contribution in [3.63, 3.8) is 0 Å². The summed E-state index contributed by atoms with van der Waals surface area (Å²) in [7, 11) is 1.66. The molecule has 0 amide bonds. The SMILES string of the molecule is COc1ccc(OCCNC(C)CC(C)C)cc1. The van der Waals surface area contributed by atoms with Gasteiger partial charge in [0.05, 0.1) is 7.11 Å². The molecule has 0 heterocycles. The molecular formula is C15H25NO2. The molecule has 0 spiro atoms. The average molecular weight is 251 g/mol. The van der Waals surface area contributed by atoms with E-state index < -0.39 is 0 Å². The summed E-state index contributed by atoms with van der Waals surface area (Å²) in [5.74, 6) is 2.47. The second-order valence-electron chi connectivity index (χ2n) is 5.01. The van der Waals surface area contributed by atoms with Gasteiger partial charge in [-0.3, -0.25) is 0 Å². The third-order valence-corrected chi connectivity index (χ3v) is 2.75. The number of nitrogens with one attached hydrogen (secondary N) is 1. The van der Waals surface area contributed by atoms with Gasteiger partial charge >= 0.3 is 0 Å². The molecule has 0 saturated heterocycles. The second-order valence-corrected chi connectivity index (χ2v) is 5.01. The van der Waals surface area contributed by atoms with E-state index in [1.807, 2.05) is 24.3 Å². The predicted molar refractivity (Wildman–Crippen MR) is 75.4 cm³/mol. The summed E-state index contributed by atoms with van der Waals surface area (Å²) in [6, 6.07) is 8.21. The van der Waals surface area contributed by atoms with Crippen molar-refractivity contribution >= 4 is 0 Å². The number of benzene rings is 1. The summed E-state index contributed by atoms with van der Waals surface area (Å²) < 4.78 is 10.7. The monoisotopic (exact) mass is 251 g/mol.